The van der Waals surface area contributed by atoms with E-state index in [1.807, 2.05) is 0 Å². The van der Waals surface area contributed by atoms with Crippen LogP contribution in [-0.4, -0.2) is 49.5 Å². The molecular weight excluding hydrogens is 523 g/mol. The van der Waals surface area contributed by atoms with Gasteiger partial charge >= 0.3 is 12.3 Å². The SMILES string of the molecule is O=C(Oc1ccc(Oc2ccc(C(F)(F)F)cn2)cc1)N1CCC(Sc2nnc(-c3ccncc3)o2)CC1. The van der Waals surface area contributed by atoms with Crippen LogP contribution in [0.5, 0.6) is 17.4 Å². The summed E-state index contributed by atoms with van der Waals surface area (Å²) in [6.45, 7) is 1.03. The molecule has 3 aromatic heterocycles. The lowest BCUT2D eigenvalue weighted by atomic mass is 10.1. The summed E-state index contributed by atoms with van der Waals surface area (Å²) in [6, 6.07) is 11.8. The minimum atomic E-state index is -4.47. The highest BCUT2D eigenvalue weighted by molar-refractivity contribution is 7.99. The van der Waals surface area contributed by atoms with Crippen molar-refractivity contribution in [3.05, 3.63) is 72.7 Å². The smallest absolute Gasteiger partial charge is 0.417 e. The number of likely N-dealkylation sites (tertiary alicyclic amines) is 1. The molecule has 9 nitrogen and oxygen atoms in total. The van der Waals surface area contributed by atoms with Crippen LogP contribution in [0, 0.1) is 0 Å². The highest BCUT2D eigenvalue weighted by atomic mass is 32.2. The Labute approximate surface area is 219 Å². The molecule has 1 aromatic carbocycles. The Morgan fingerprint density at radius 1 is 0.974 bits per heavy atom. The summed E-state index contributed by atoms with van der Waals surface area (Å²) in [5, 5.41) is 8.89. The maximum absolute atomic E-state index is 12.7. The van der Waals surface area contributed by atoms with Gasteiger partial charge in [0, 0.05) is 48.6 Å². The van der Waals surface area contributed by atoms with Gasteiger partial charge in [0.2, 0.25) is 11.8 Å². The Balaban J connectivity index is 1.08. The summed E-state index contributed by atoms with van der Waals surface area (Å²) < 4.78 is 54.6. The molecule has 0 aliphatic carbocycles. The first-order chi connectivity index (χ1) is 18.3. The van der Waals surface area contributed by atoms with Gasteiger partial charge < -0.3 is 18.8 Å². The third-order valence-corrected chi connectivity index (χ3v) is 6.79. The number of thioether (sulfide) groups is 1. The lowest BCUT2D eigenvalue weighted by molar-refractivity contribution is -0.137. The van der Waals surface area contributed by atoms with Crippen LogP contribution in [0.3, 0.4) is 0 Å². The monoisotopic (exact) mass is 543 g/mol. The molecule has 0 bridgehead atoms. The summed E-state index contributed by atoms with van der Waals surface area (Å²) in [5.74, 6) is 1.09. The first-order valence-corrected chi connectivity index (χ1v) is 12.4. The molecule has 4 aromatic rings. The second-order valence-electron chi connectivity index (χ2n) is 8.24. The van der Waals surface area contributed by atoms with E-state index >= 15 is 0 Å². The predicted molar refractivity (Wildman–Crippen MR) is 130 cm³/mol. The van der Waals surface area contributed by atoms with E-state index < -0.39 is 17.8 Å². The van der Waals surface area contributed by atoms with Crippen molar-refractivity contribution >= 4 is 17.9 Å². The van der Waals surface area contributed by atoms with Crippen LogP contribution in [0.15, 0.2) is 76.8 Å². The number of nitrogens with zero attached hydrogens (tertiary/aromatic N) is 5. The Hall–Kier alpha value is -4.13. The highest BCUT2D eigenvalue weighted by Crippen LogP contribution is 2.32. The molecule has 1 fully saturated rings. The van der Waals surface area contributed by atoms with E-state index in [9.17, 15) is 18.0 Å². The number of hydrogen-bond acceptors (Lipinski definition) is 9. The number of piperidine rings is 1. The normalized spacial score (nSPS) is 14.3. The van der Waals surface area contributed by atoms with E-state index in [-0.39, 0.29) is 11.1 Å². The molecule has 0 radical (unpaired) electrons. The number of benzene rings is 1. The molecule has 0 atom stereocenters. The number of halogens is 3. The van der Waals surface area contributed by atoms with Crippen LogP contribution in [0.1, 0.15) is 18.4 Å². The zero-order valence-corrected chi connectivity index (χ0v) is 20.5. The summed E-state index contributed by atoms with van der Waals surface area (Å²) in [5.41, 5.74) is -0.0627. The third-order valence-electron chi connectivity index (χ3n) is 5.62. The molecule has 0 spiro atoms. The molecule has 1 saturated heterocycles. The van der Waals surface area contributed by atoms with E-state index in [1.54, 1.807) is 29.4 Å². The van der Waals surface area contributed by atoms with Crippen molar-refractivity contribution in [2.24, 2.45) is 0 Å². The van der Waals surface area contributed by atoms with E-state index in [2.05, 4.69) is 20.2 Å². The Bertz CT molecular complexity index is 1360. The van der Waals surface area contributed by atoms with Crippen LogP contribution in [-0.2, 0) is 6.18 Å². The van der Waals surface area contributed by atoms with Crippen LogP contribution < -0.4 is 9.47 Å². The summed E-state index contributed by atoms with van der Waals surface area (Å²) in [7, 11) is 0. The number of carbonyl (C=O) groups excluding carboxylic acids is 1. The van der Waals surface area contributed by atoms with Crippen LogP contribution in [0.2, 0.25) is 0 Å². The molecule has 0 saturated carbocycles. The van der Waals surface area contributed by atoms with Crippen molar-refractivity contribution in [3.63, 3.8) is 0 Å². The van der Waals surface area contributed by atoms with Gasteiger partial charge in [-0.05, 0) is 55.3 Å². The van der Waals surface area contributed by atoms with E-state index in [0.717, 1.165) is 30.5 Å². The zero-order chi connectivity index (χ0) is 26.5. The van der Waals surface area contributed by atoms with Crippen molar-refractivity contribution < 1.29 is 31.9 Å². The largest absolute Gasteiger partial charge is 0.439 e. The molecule has 5 rings (SSSR count). The number of rotatable bonds is 6. The van der Waals surface area contributed by atoms with Crippen molar-refractivity contribution in [2.75, 3.05) is 13.1 Å². The third kappa shape index (κ3) is 6.40. The first-order valence-electron chi connectivity index (χ1n) is 11.5. The van der Waals surface area contributed by atoms with E-state index in [1.165, 1.54) is 36.0 Å². The standard InChI is InChI=1S/C25H20F3N5O4S/c26-25(27,28)17-1-6-21(30-15-17)35-18-2-4-19(5-3-18)36-24(34)33-13-9-20(10-14-33)38-23-32-31-22(37-23)16-7-11-29-12-8-16/h1-8,11-12,15,20H,9-10,13-14H2. The fraction of sp³-hybridized carbons (Fsp3) is 0.240. The van der Waals surface area contributed by atoms with Gasteiger partial charge in [0.15, 0.2) is 0 Å². The predicted octanol–water partition coefficient (Wildman–Crippen LogP) is 6.09. The fourth-order valence-electron chi connectivity index (χ4n) is 3.64. The van der Waals surface area contributed by atoms with Crippen molar-refractivity contribution in [1.82, 2.24) is 25.1 Å². The molecule has 1 aliphatic heterocycles. The molecular formula is C25H20F3N5O4S. The minimum Gasteiger partial charge on any atom is -0.439 e. The lowest BCUT2D eigenvalue weighted by Gasteiger charge is -2.30. The van der Waals surface area contributed by atoms with Gasteiger partial charge in [-0.1, -0.05) is 11.8 Å². The summed E-state index contributed by atoms with van der Waals surface area (Å²) in [4.78, 5) is 21.9. The second kappa shape index (κ2) is 11.1. The average molecular weight is 544 g/mol. The molecule has 196 valence electrons. The van der Waals surface area contributed by atoms with Crippen LogP contribution in [0.25, 0.3) is 11.5 Å². The Morgan fingerprint density at radius 2 is 1.68 bits per heavy atom. The quantitative estimate of drug-likeness (QED) is 0.286. The van der Waals surface area contributed by atoms with Gasteiger partial charge in [0.05, 0.1) is 5.56 Å². The fourth-order valence-corrected chi connectivity index (χ4v) is 4.58. The number of amides is 1. The number of pyridine rings is 2. The number of hydrogen-bond donors (Lipinski definition) is 0. The van der Waals surface area contributed by atoms with Crippen molar-refractivity contribution in [3.8, 4) is 28.8 Å². The highest BCUT2D eigenvalue weighted by Gasteiger charge is 2.31. The summed E-state index contributed by atoms with van der Waals surface area (Å²) in [6.07, 6.45) is 0.552. The molecule has 0 unspecified atom stereocenters. The van der Waals surface area contributed by atoms with Crippen LogP contribution in [0.4, 0.5) is 18.0 Å². The van der Waals surface area contributed by atoms with Gasteiger partial charge in [-0.2, -0.15) is 13.2 Å². The van der Waals surface area contributed by atoms with Gasteiger partial charge in [-0.15, -0.1) is 10.2 Å². The molecule has 4 heterocycles. The Kier molecular flexibility index (Phi) is 7.45. The van der Waals surface area contributed by atoms with Gasteiger partial charge in [0.1, 0.15) is 11.5 Å². The average Bonchev–Trinajstić information content (AvgIpc) is 3.39. The van der Waals surface area contributed by atoms with Crippen LogP contribution >= 0.6 is 11.8 Å². The summed E-state index contributed by atoms with van der Waals surface area (Å²) >= 11 is 1.49. The molecule has 38 heavy (non-hydrogen) atoms. The zero-order valence-electron chi connectivity index (χ0n) is 19.7. The molecule has 1 amide bonds. The van der Waals surface area contributed by atoms with Gasteiger partial charge in [-0.3, -0.25) is 4.98 Å². The minimum absolute atomic E-state index is 0.0117. The van der Waals surface area contributed by atoms with Gasteiger partial charge in [-0.25, -0.2) is 9.78 Å². The van der Waals surface area contributed by atoms with Gasteiger partial charge in [0.25, 0.3) is 5.22 Å². The van der Waals surface area contributed by atoms with Crippen molar-refractivity contribution in [2.45, 2.75) is 29.5 Å². The number of alkyl halides is 3. The number of carbonyl (C=O) groups is 1. The second-order valence-corrected chi connectivity index (χ2v) is 9.49. The maximum atomic E-state index is 12.7. The van der Waals surface area contributed by atoms with E-state index in [4.69, 9.17) is 13.9 Å². The number of ether oxygens (including phenoxy) is 2. The molecule has 1 aliphatic rings. The maximum Gasteiger partial charge on any atom is 0.417 e. The molecule has 0 N–H and O–H groups in total. The Morgan fingerprint density at radius 3 is 2.34 bits per heavy atom. The number of aromatic nitrogens is 4. The van der Waals surface area contributed by atoms with Crippen molar-refractivity contribution in [1.29, 1.82) is 0 Å². The first kappa shape index (κ1) is 25.5. The lowest BCUT2D eigenvalue weighted by Crippen LogP contribution is -2.40. The molecule has 13 heteroatoms. The van der Waals surface area contributed by atoms with E-state index in [0.29, 0.717) is 41.9 Å². The topological polar surface area (TPSA) is 103 Å².